The maximum Gasteiger partial charge on any atom is 0.417 e. The molecular formula is C59H32F12N2. The van der Waals surface area contributed by atoms with E-state index in [9.17, 15) is 57.9 Å². The van der Waals surface area contributed by atoms with Gasteiger partial charge in [0.1, 0.15) is 6.07 Å². The van der Waals surface area contributed by atoms with Gasteiger partial charge < -0.3 is 4.57 Å². The number of benzene rings is 9. The highest BCUT2D eigenvalue weighted by Crippen LogP contribution is 2.47. The molecule has 362 valence electrons. The number of hydrogen-bond acceptors (Lipinski definition) is 1. The predicted molar refractivity (Wildman–Crippen MR) is 258 cm³/mol. The molecule has 14 heteroatoms. The van der Waals surface area contributed by atoms with E-state index >= 15 is 0 Å². The van der Waals surface area contributed by atoms with Gasteiger partial charge >= 0.3 is 24.7 Å². The van der Waals surface area contributed by atoms with Crippen LogP contribution in [0.2, 0.25) is 0 Å². The van der Waals surface area contributed by atoms with E-state index in [1.165, 1.54) is 109 Å². The summed E-state index contributed by atoms with van der Waals surface area (Å²) in [4.78, 5) is 0. The average molecular weight is 997 g/mol. The first-order chi connectivity index (χ1) is 34.7. The van der Waals surface area contributed by atoms with Gasteiger partial charge in [0.15, 0.2) is 0 Å². The maximum atomic E-state index is 14.6. The lowest BCUT2D eigenvalue weighted by Crippen LogP contribution is -2.08. The van der Waals surface area contributed by atoms with Crippen LogP contribution in [0.4, 0.5) is 52.7 Å². The minimum Gasteiger partial charge on any atom is -0.308 e. The second-order valence-corrected chi connectivity index (χ2v) is 17.2. The molecule has 10 aromatic rings. The molecule has 0 aliphatic rings. The van der Waals surface area contributed by atoms with E-state index in [0.29, 0.717) is 38.6 Å². The van der Waals surface area contributed by atoms with Crippen molar-refractivity contribution < 1.29 is 52.7 Å². The Morgan fingerprint density at radius 1 is 0.301 bits per heavy atom. The van der Waals surface area contributed by atoms with Gasteiger partial charge in [0.05, 0.1) is 44.5 Å². The Kier molecular flexibility index (Phi) is 11.8. The number of hydrogen-bond donors (Lipinski definition) is 0. The second-order valence-electron chi connectivity index (χ2n) is 17.2. The number of rotatable bonds is 7. The first-order valence-corrected chi connectivity index (χ1v) is 22.2. The van der Waals surface area contributed by atoms with Crippen LogP contribution in [0.3, 0.4) is 0 Å². The van der Waals surface area contributed by atoms with E-state index in [4.69, 9.17) is 0 Å². The molecule has 2 nitrogen and oxygen atoms in total. The number of aromatic nitrogens is 1. The molecule has 0 saturated carbocycles. The van der Waals surface area contributed by atoms with Crippen molar-refractivity contribution in [2.75, 3.05) is 0 Å². The Bertz CT molecular complexity index is 3460. The SMILES string of the molecule is N#Cc1ccccc1-n1c2ccc(-c3cc(-c4ccccc4C(F)(F)F)cc(-c4ccccc4C(F)(F)F)c3)cc2c2cc(-c3cc(-c4ccccc4C(F)(F)F)cc(-c4ccccc4C(F)(F)F)c3)ccc21. The Labute approximate surface area is 408 Å². The number of nitriles is 1. The monoisotopic (exact) mass is 996 g/mol. The molecule has 0 unspecified atom stereocenters. The molecule has 0 spiro atoms. The van der Waals surface area contributed by atoms with Crippen LogP contribution in [0, 0.1) is 11.3 Å². The van der Waals surface area contributed by atoms with Crippen LogP contribution in [0.15, 0.2) is 194 Å². The van der Waals surface area contributed by atoms with Gasteiger partial charge in [-0.1, -0.05) is 97.1 Å². The summed E-state index contributed by atoms with van der Waals surface area (Å²) in [6.45, 7) is 0. The highest BCUT2D eigenvalue weighted by Gasteiger charge is 2.37. The number of para-hydroxylation sites is 1. The third-order valence-corrected chi connectivity index (χ3v) is 12.7. The van der Waals surface area contributed by atoms with Crippen LogP contribution in [-0.4, -0.2) is 4.57 Å². The van der Waals surface area contributed by atoms with E-state index in [1.807, 2.05) is 0 Å². The molecule has 1 heterocycles. The Morgan fingerprint density at radius 3 is 0.904 bits per heavy atom. The van der Waals surface area contributed by atoms with E-state index in [2.05, 4.69) is 6.07 Å². The van der Waals surface area contributed by atoms with Crippen LogP contribution in [0.25, 0.3) is 94.3 Å². The molecule has 73 heavy (non-hydrogen) atoms. The van der Waals surface area contributed by atoms with E-state index < -0.39 is 47.0 Å². The zero-order valence-electron chi connectivity index (χ0n) is 37.4. The molecule has 0 aliphatic heterocycles. The second kappa shape index (κ2) is 17.9. The first kappa shape index (κ1) is 48.1. The van der Waals surface area contributed by atoms with Crippen molar-refractivity contribution in [3.8, 4) is 78.5 Å². The lowest BCUT2D eigenvalue weighted by Gasteiger charge is -2.18. The van der Waals surface area contributed by atoms with Gasteiger partial charge in [0.2, 0.25) is 0 Å². The summed E-state index contributed by atoms with van der Waals surface area (Å²) in [5.41, 5.74) is -2.37. The normalized spacial score (nSPS) is 12.4. The fourth-order valence-electron chi connectivity index (χ4n) is 9.54. The van der Waals surface area contributed by atoms with Gasteiger partial charge in [0.25, 0.3) is 0 Å². The van der Waals surface area contributed by atoms with Crippen molar-refractivity contribution in [2.45, 2.75) is 24.7 Å². The lowest BCUT2D eigenvalue weighted by molar-refractivity contribution is -0.137. The van der Waals surface area contributed by atoms with E-state index in [0.717, 1.165) is 24.3 Å². The van der Waals surface area contributed by atoms with Crippen molar-refractivity contribution in [2.24, 2.45) is 0 Å². The standard InChI is InChI=1S/C59H32F12N2/c60-56(61,62)49-16-6-2-12-43(49)39-25-37(26-40(29-39)44-13-3-7-17-50(44)57(63,64)65)34-21-23-54-47(31-34)48-32-35(22-24-55(48)73(54)53-20-10-1-11-36(53)33-72)38-27-41(45-14-4-8-18-51(45)58(66,67)68)30-42(28-38)46-15-5-9-19-52(46)59(69,70)71/h1-32H. The Balaban J connectivity index is 1.25. The van der Waals surface area contributed by atoms with Crippen molar-refractivity contribution in [3.05, 3.63) is 222 Å². The van der Waals surface area contributed by atoms with Gasteiger partial charge in [-0.15, -0.1) is 0 Å². The van der Waals surface area contributed by atoms with E-state index in [-0.39, 0.29) is 61.2 Å². The predicted octanol–water partition coefficient (Wildman–Crippen LogP) is 18.7. The zero-order chi connectivity index (χ0) is 51.6. The quantitative estimate of drug-likeness (QED) is 0.146. The summed E-state index contributed by atoms with van der Waals surface area (Å²) in [6.07, 6.45) is -19.3. The molecular weight excluding hydrogens is 965 g/mol. The summed E-state index contributed by atoms with van der Waals surface area (Å²) in [5, 5.41) is 11.2. The van der Waals surface area contributed by atoms with Gasteiger partial charge in [-0.3, -0.25) is 0 Å². The minimum absolute atomic E-state index is 0.0277. The van der Waals surface area contributed by atoms with Crippen LogP contribution in [0.5, 0.6) is 0 Å². The molecule has 0 fully saturated rings. The molecule has 0 saturated heterocycles. The molecule has 0 aliphatic carbocycles. The molecule has 10 rings (SSSR count). The topological polar surface area (TPSA) is 28.7 Å². The van der Waals surface area contributed by atoms with Gasteiger partial charge in [-0.05, 0) is 164 Å². The fraction of sp³-hybridized carbons (Fsp3) is 0.0678. The smallest absolute Gasteiger partial charge is 0.308 e. The van der Waals surface area contributed by atoms with Crippen molar-refractivity contribution >= 4 is 21.8 Å². The Hall–Kier alpha value is -8.57. The van der Waals surface area contributed by atoms with Crippen LogP contribution in [0.1, 0.15) is 27.8 Å². The minimum atomic E-state index is -4.83. The van der Waals surface area contributed by atoms with E-state index in [1.54, 1.807) is 65.2 Å². The largest absolute Gasteiger partial charge is 0.417 e. The van der Waals surface area contributed by atoms with Crippen molar-refractivity contribution in [3.63, 3.8) is 0 Å². The fourth-order valence-corrected chi connectivity index (χ4v) is 9.54. The summed E-state index contributed by atoms with van der Waals surface area (Å²) in [7, 11) is 0. The van der Waals surface area contributed by atoms with Gasteiger partial charge in [0, 0.05) is 10.8 Å². The highest BCUT2D eigenvalue weighted by molar-refractivity contribution is 6.12. The van der Waals surface area contributed by atoms with Gasteiger partial charge in [-0.25, -0.2) is 0 Å². The highest BCUT2D eigenvalue weighted by atomic mass is 19.4. The summed E-state index contributed by atoms with van der Waals surface area (Å²) >= 11 is 0. The van der Waals surface area contributed by atoms with Gasteiger partial charge in [-0.2, -0.15) is 57.9 Å². The number of nitrogens with zero attached hydrogens (tertiary/aromatic N) is 2. The Morgan fingerprint density at radius 2 is 0.589 bits per heavy atom. The third-order valence-electron chi connectivity index (χ3n) is 12.7. The first-order valence-electron chi connectivity index (χ1n) is 22.2. The van der Waals surface area contributed by atoms with Crippen LogP contribution < -0.4 is 0 Å². The molecule has 1 aromatic heterocycles. The maximum absolute atomic E-state index is 14.6. The number of fused-ring (bicyclic) bond motifs is 3. The molecule has 0 bridgehead atoms. The number of alkyl halides is 12. The molecule has 0 radical (unpaired) electrons. The molecule has 0 N–H and O–H groups in total. The summed E-state index contributed by atoms with van der Waals surface area (Å²) in [5.74, 6) is 0. The summed E-state index contributed by atoms with van der Waals surface area (Å²) in [6, 6.07) is 46.1. The zero-order valence-corrected chi connectivity index (χ0v) is 37.4. The molecule has 9 aromatic carbocycles. The van der Waals surface area contributed by atoms with Crippen LogP contribution >= 0.6 is 0 Å². The summed E-state index contributed by atoms with van der Waals surface area (Å²) < 4.78 is 177. The average Bonchev–Trinajstić information content (AvgIpc) is 3.70. The van der Waals surface area contributed by atoms with Crippen molar-refractivity contribution in [1.82, 2.24) is 4.57 Å². The molecule has 0 atom stereocenters. The number of halogens is 12. The molecule has 0 amide bonds. The van der Waals surface area contributed by atoms with Crippen molar-refractivity contribution in [1.29, 1.82) is 5.26 Å². The van der Waals surface area contributed by atoms with Crippen LogP contribution in [-0.2, 0) is 24.7 Å². The lowest BCUT2D eigenvalue weighted by atomic mass is 9.89. The third kappa shape index (κ3) is 9.07.